The van der Waals surface area contributed by atoms with Crippen LogP contribution in [0.3, 0.4) is 0 Å². The molecule has 0 saturated carbocycles. The van der Waals surface area contributed by atoms with Crippen LogP contribution in [-0.4, -0.2) is 34.7 Å². The number of amides is 1. The Morgan fingerprint density at radius 3 is 2.66 bits per heavy atom. The third kappa shape index (κ3) is 3.32. The maximum Gasteiger partial charge on any atom is 0.269 e. The van der Waals surface area contributed by atoms with Crippen LogP contribution >= 0.6 is 0 Å². The molecule has 32 heavy (non-hydrogen) atoms. The largest absolute Gasteiger partial charge is 0.485 e. The predicted molar refractivity (Wildman–Crippen MR) is 122 cm³/mol. The van der Waals surface area contributed by atoms with Crippen molar-refractivity contribution >= 4 is 28.3 Å². The van der Waals surface area contributed by atoms with E-state index < -0.39 is 6.10 Å². The first-order chi connectivity index (χ1) is 15.7. The van der Waals surface area contributed by atoms with Gasteiger partial charge in [0, 0.05) is 24.5 Å². The molecule has 0 aliphatic carbocycles. The number of anilines is 2. The van der Waals surface area contributed by atoms with Crippen molar-refractivity contribution < 1.29 is 14.3 Å². The van der Waals surface area contributed by atoms with Gasteiger partial charge in [0.1, 0.15) is 12.4 Å². The van der Waals surface area contributed by atoms with Gasteiger partial charge in [0.15, 0.2) is 11.5 Å². The first-order valence-electron chi connectivity index (χ1n) is 10.7. The fourth-order valence-corrected chi connectivity index (χ4v) is 4.33. The van der Waals surface area contributed by atoms with Gasteiger partial charge in [0.2, 0.25) is 6.10 Å². The van der Waals surface area contributed by atoms with Crippen molar-refractivity contribution in [1.82, 2.24) is 9.55 Å². The van der Waals surface area contributed by atoms with Crippen LogP contribution in [0.25, 0.3) is 11.0 Å². The third-order valence-corrected chi connectivity index (χ3v) is 5.94. The van der Waals surface area contributed by atoms with Gasteiger partial charge < -0.3 is 24.3 Å². The standard InChI is InChI=1S/C25H22N4O3/c30-25(23-16-31-21-8-4-5-9-22(21)32-23)26-17-10-11-20-19(14-17)27-24-15-28(12-13-29(20)24)18-6-2-1-3-7-18/h1-11,14,23H,12-13,15-16H2,(H,26,30). The Morgan fingerprint density at radius 1 is 0.969 bits per heavy atom. The molecule has 3 heterocycles. The summed E-state index contributed by atoms with van der Waals surface area (Å²) in [4.78, 5) is 19.9. The summed E-state index contributed by atoms with van der Waals surface area (Å²) in [6, 6.07) is 23.6. The summed E-state index contributed by atoms with van der Waals surface area (Å²) in [5.41, 5.74) is 3.85. The minimum absolute atomic E-state index is 0.180. The summed E-state index contributed by atoms with van der Waals surface area (Å²) in [5.74, 6) is 2.03. The summed E-state index contributed by atoms with van der Waals surface area (Å²) in [6.45, 7) is 2.74. The summed E-state index contributed by atoms with van der Waals surface area (Å²) in [6.07, 6.45) is -0.699. The molecule has 0 spiro atoms. The number of rotatable bonds is 3. The summed E-state index contributed by atoms with van der Waals surface area (Å²) >= 11 is 0. The monoisotopic (exact) mass is 426 g/mol. The maximum absolute atomic E-state index is 12.8. The second kappa shape index (κ2) is 7.60. The molecule has 3 aromatic carbocycles. The average molecular weight is 426 g/mol. The van der Waals surface area contributed by atoms with Gasteiger partial charge in [-0.05, 0) is 42.5 Å². The van der Waals surface area contributed by atoms with Gasteiger partial charge in [-0.25, -0.2) is 4.98 Å². The van der Waals surface area contributed by atoms with Crippen LogP contribution in [0.15, 0.2) is 72.8 Å². The molecule has 6 rings (SSSR count). The molecule has 160 valence electrons. The topological polar surface area (TPSA) is 68.6 Å². The number of hydrogen-bond acceptors (Lipinski definition) is 5. The molecule has 7 nitrogen and oxygen atoms in total. The maximum atomic E-state index is 12.8. The van der Waals surface area contributed by atoms with E-state index in [4.69, 9.17) is 14.5 Å². The SMILES string of the molecule is O=C(Nc1ccc2c(c1)nc1n2CCN(c2ccccc2)C1)C1COc2ccccc2O1. The van der Waals surface area contributed by atoms with Gasteiger partial charge in [-0.1, -0.05) is 30.3 Å². The van der Waals surface area contributed by atoms with Crippen LogP contribution in [0.4, 0.5) is 11.4 Å². The number of carbonyl (C=O) groups is 1. The number of ether oxygens (including phenoxy) is 2. The minimum Gasteiger partial charge on any atom is -0.485 e. The lowest BCUT2D eigenvalue weighted by Crippen LogP contribution is -2.40. The van der Waals surface area contributed by atoms with E-state index in [0.29, 0.717) is 17.2 Å². The summed E-state index contributed by atoms with van der Waals surface area (Å²) in [5, 5.41) is 2.95. The number of benzene rings is 3. The molecule has 4 aromatic rings. The molecule has 1 atom stereocenters. The molecule has 0 saturated heterocycles. The first-order valence-corrected chi connectivity index (χ1v) is 10.7. The number of aromatic nitrogens is 2. The second-order valence-corrected chi connectivity index (χ2v) is 7.99. The number of nitrogens with one attached hydrogen (secondary N) is 1. The zero-order chi connectivity index (χ0) is 21.5. The molecule has 2 aliphatic heterocycles. The normalized spacial score (nSPS) is 17.1. The van der Waals surface area contributed by atoms with Crippen molar-refractivity contribution in [2.45, 2.75) is 19.2 Å². The highest BCUT2D eigenvalue weighted by molar-refractivity contribution is 5.96. The van der Waals surface area contributed by atoms with Crippen LogP contribution in [0.1, 0.15) is 5.82 Å². The minimum atomic E-state index is -0.699. The lowest BCUT2D eigenvalue weighted by atomic mass is 10.2. The molecule has 0 fully saturated rings. The van der Waals surface area contributed by atoms with Crippen molar-refractivity contribution in [3.8, 4) is 11.5 Å². The highest BCUT2D eigenvalue weighted by Crippen LogP contribution is 2.31. The second-order valence-electron chi connectivity index (χ2n) is 7.99. The Morgan fingerprint density at radius 2 is 1.78 bits per heavy atom. The molecule has 1 N–H and O–H groups in total. The molecule has 7 heteroatoms. The zero-order valence-corrected chi connectivity index (χ0v) is 17.4. The zero-order valence-electron chi connectivity index (χ0n) is 17.4. The highest BCUT2D eigenvalue weighted by atomic mass is 16.6. The van der Waals surface area contributed by atoms with Gasteiger partial charge in [0.25, 0.3) is 5.91 Å². The molecular formula is C25H22N4O3. The molecule has 0 bridgehead atoms. The van der Waals surface area contributed by atoms with Crippen molar-refractivity contribution in [3.63, 3.8) is 0 Å². The van der Waals surface area contributed by atoms with Gasteiger partial charge in [0.05, 0.1) is 17.6 Å². The molecule has 1 aromatic heterocycles. The van der Waals surface area contributed by atoms with Crippen LogP contribution in [0.2, 0.25) is 0 Å². The Bertz CT molecular complexity index is 1300. The van der Waals surface area contributed by atoms with Crippen LogP contribution in [0, 0.1) is 0 Å². The Labute approximate surface area is 185 Å². The van der Waals surface area contributed by atoms with E-state index in [1.807, 2.05) is 42.5 Å². The summed E-state index contributed by atoms with van der Waals surface area (Å²) in [7, 11) is 0. The van der Waals surface area contributed by atoms with E-state index in [-0.39, 0.29) is 12.5 Å². The molecule has 1 amide bonds. The lowest BCUT2D eigenvalue weighted by Gasteiger charge is -2.29. The van der Waals surface area contributed by atoms with Gasteiger partial charge in [-0.15, -0.1) is 0 Å². The Hall–Kier alpha value is -4.00. The van der Waals surface area contributed by atoms with E-state index in [9.17, 15) is 4.79 Å². The first kappa shape index (κ1) is 18.7. The molecule has 0 radical (unpaired) electrons. The fourth-order valence-electron chi connectivity index (χ4n) is 4.33. The fraction of sp³-hybridized carbons (Fsp3) is 0.200. The van der Waals surface area contributed by atoms with E-state index in [1.54, 1.807) is 6.07 Å². The summed E-state index contributed by atoms with van der Waals surface area (Å²) < 4.78 is 13.7. The van der Waals surface area contributed by atoms with Gasteiger partial charge in [-0.2, -0.15) is 0 Å². The number of carbonyl (C=O) groups excluding carboxylic acids is 1. The number of nitrogens with zero attached hydrogens (tertiary/aromatic N) is 3. The smallest absolute Gasteiger partial charge is 0.269 e. The van der Waals surface area contributed by atoms with Crippen molar-refractivity contribution in [1.29, 1.82) is 0 Å². The van der Waals surface area contributed by atoms with E-state index in [2.05, 4.69) is 39.0 Å². The lowest BCUT2D eigenvalue weighted by molar-refractivity contribution is -0.125. The predicted octanol–water partition coefficient (Wildman–Crippen LogP) is 3.84. The van der Waals surface area contributed by atoms with Crippen LogP contribution in [0.5, 0.6) is 11.5 Å². The van der Waals surface area contributed by atoms with Crippen molar-refractivity contribution in [2.75, 3.05) is 23.4 Å². The third-order valence-electron chi connectivity index (χ3n) is 5.94. The van der Waals surface area contributed by atoms with Gasteiger partial charge >= 0.3 is 0 Å². The number of hydrogen-bond donors (Lipinski definition) is 1. The van der Waals surface area contributed by atoms with Crippen LogP contribution < -0.4 is 19.7 Å². The average Bonchev–Trinajstić information content (AvgIpc) is 3.21. The van der Waals surface area contributed by atoms with E-state index in [0.717, 1.165) is 36.5 Å². The molecule has 2 aliphatic rings. The Kier molecular flexibility index (Phi) is 4.45. The number of fused-ring (bicyclic) bond motifs is 4. The van der Waals surface area contributed by atoms with Crippen molar-refractivity contribution in [3.05, 3.63) is 78.6 Å². The van der Waals surface area contributed by atoms with E-state index in [1.165, 1.54) is 5.69 Å². The number of para-hydroxylation sites is 3. The quantitative estimate of drug-likeness (QED) is 0.539. The van der Waals surface area contributed by atoms with E-state index >= 15 is 0 Å². The number of imidazole rings is 1. The van der Waals surface area contributed by atoms with Crippen LogP contribution in [-0.2, 0) is 17.9 Å². The highest BCUT2D eigenvalue weighted by Gasteiger charge is 2.27. The molecular weight excluding hydrogens is 404 g/mol. The van der Waals surface area contributed by atoms with Crippen molar-refractivity contribution in [2.24, 2.45) is 0 Å². The Balaban J connectivity index is 1.20. The molecule has 1 unspecified atom stereocenters. The van der Waals surface area contributed by atoms with Gasteiger partial charge in [-0.3, -0.25) is 4.79 Å².